The summed E-state index contributed by atoms with van der Waals surface area (Å²) in [7, 11) is 0. The zero-order chi connectivity index (χ0) is 14.4. The number of hydrogen-bond acceptors (Lipinski definition) is 2. The van der Waals surface area contributed by atoms with Crippen molar-refractivity contribution < 1.29 is 0 Å². The molecule has 2 nitrogen and oxygen atoms in total. The highest BCUT2D eigenvalue weighted by Crippen LogP contribution is 2.19. The van der Waals surface area contributed by atoms with Crippen LogP contribution in [-0.4, -0.2) is 31.1 Å². The molecule has 112 valence electrons. The summed E-state index contributed by atoms with van der Waals surface area (Å²) in [5.74, 6) is 1.58. The van der Waals surface area contributed by atoms with Crippen molar-refractivity contribution in [2.75, 3.05) is 26.2 Å². The monoisotopic (exact) mass is 274 g/mol. The molecule has 0 saturated carbocycles. The van der Waals surface area contributed by atoms with Crippen LogP contribution in [-0.2, 0) is 6.54 Å². The third-order valence-corrected chi connectivity index (χ3v) is 4.24. The summed E-state index contributed by atoms with van der Waals surface area (Å²) >= 11 is 0. The average Bonchev–Trinajstić information content (AvgIpc) is 2.41. The highest BCUT2D eigenvalue weighted by atomic mass is 15.1. The molecule has 1 saturated heterocycles. The first-order valence-electron chi connectivity index (χ1n) is 8.12. The van der Waals surface area contributed by atoms with Gasteiger partial charge in [-0.1, -0.05) is 38.1 Å². The summed E-state index contributed by atoms with van der Waals surface area (Å²) < 4.78 is 0. The third-order valence-electron chi connectivity index (χ3n) is 4.24. The minimum atomic E-state index is 0.752. The van der Waals surface area contributed by atoms with E-state index < -0.39 is 0 Å². The zero-order valence-corrected chi connectivity index (χ0v) is 13.4. The average molecular weight is 274 g/mol. The van der Waals surface area contributed by atoms with Crippen LogP contribution in [0.15, 0.2) is 24.3 Å². The molecule has 2 heteroatoms. The highest BCUT2D eigenvalue weighted by molar-refractivity contribution is 5.25. The van der Waals surface area contributed by atoms with Crippen molar-refractivity contribution in [3.8, 4) is 0 Å². The van der Waals surface area contributed by atoms with Crippen molar-refractivity contribution in [3.63, 3.8) is 0 Å². The molecule has 0 bridgehead atoms. The first kappa shape index (κ1) is 15.5. The Balaban J connectivity index is 1.80. The van der Waals surface area contributed by atoms with Gasteiger partial charge in [0, 0.05) is 13.1 Å². The molecule has 1 N–H and O–H groups in total. The molecule has 1 aromatic rings. The van der Waals surface area contributed by atoms with Crippen LogP contribution in [0.4, 0.5) is 0 Å². The molecule has 0 aliphatic carbocycles. The van der Waals surface area contributed by atoms with Gasteiger partial charge in [-0.3, -0.25) is 4.90 Å². The van der Waals surface area contributed by atoms with Crippen LogP contribution >= 0.6 is 0 Å². The second-order valence-corrected chi connectivity index (χ2v) is 6.72. The van der Waals surface area contributed by atoms with E-state index >= 15 is 0 Å². The summed E-state index contributed by atoms with van der Waals surface area (Å²) in [4.78, 5) is 2.63. The van der Waals surface area contributed by atoms with Gasteiger partial charge in [-0.15, -0.1) is 0 Å². The molecule has 1 aromatic carbocycles. The lowest BCUT2D eigenvalue weighted by molar-refractivity contribution is 0.164. The van der Waals surface area contributed by atoms with Gasteiger partial charge in [-0.05, 0) is 62.4 Å². The predicted molar refractivity (Wildman–Crippen MR) is 86.9 cm³/mol. The van der Waals surface area contributed by atoms with Gasteiger partial charge in [0.05, 0.1) is 0 Å². The maximum absolute atomic E-state index is 3.62. The summed E-state index contributed by atoms with van der Waals surface area (Å²) in [6, 6.07) is 8.79. The Labute approximate surface area is 124 Å². The fourth-order valence-electron chi connectivity index (χ4n) is 3.07. The normalized spacial score (nSPS) is 20.5. The maximum atomic E-state index is 3.62. The van der Waals surface area contributed by atoms with Gasteiger partial charge >= 0.3 is 0 Å². The number of likely N-dealkylation sites (tertiary alicyclic amines) is 1. The van der Waals surface area contributed by atoms with E-state index in [1.165, 1.54) is 43.6 Å². The number of benzene rings is 1. The molecule has 1 fully saturated rings. The smallest absolute Gasteiger partial charge is 0.0236 e. The topological polar surface area (TPSA) is 15.3 Å². The van der Waals surface area contributed by atoms with E-state index in [1.54, 1.807) is 0 Å². The number of rotatable bonds is 6. The Hall–Kier alpha value is -0.860. The van der Waals surface area contributed by atoms with E-state index in [0.717, 1.165) is 24.9 Å². The predicted octanol–water partition coefficient (Wildman–Crippen LogP) is 3.45. The summed E-state index contributed by atoms with van der Waals surface area (Å²) in [5, 5.41) is 3.62. The zero-order valence-electron chi connectivity index (χ0n) is 13.4. The number of hydrogen-bond donors (Lipinski definition) is 1. The van der Waals surface area contributed by atoms with Crippen LogP contribution in [0.25, 0.3) is 0 Å². The van der Waals surface area contributed by atoms with Crippen molar-refractivity contribution in [3.05, 3.63) is 35.4 Å². The van der Waals surface area contributed by atoms with Crippen molar-refractivity contribution in [1.82, 2.24) is 10.2 Å². The van der Waals surface area contributed by atoms with Crippen molar-refractivity contribution >= 4 is 0 Å². The summed E-state index contributed by atoms with van der Waals surface area (Å²) in [5.41, 5.74) is 2.91. The Morgan fingerprint density at radius 1 is 1.30 bits per heavy atom. The van der Waals surface area contributed by atoms with E-state index in [9.17, 15) is 0 Å². The van der Waals surface area contributed by atoms with Gasteiger partial charge in [-0.25, -0.2) is 0 Å². The van der Waals surface area contributed by atoms with Gasteiger partial charge in [0.15, 0.2) is 0 Å². The largest absolute Gasteiger partial charge is 0.316 e. The highest BCUT2D eigenvalue weighted by Gasteiger charge is 2.19. The lowest BCUT2D eigenvalue weighted by Crippen LogP contribution is -2.39. The molecule has 0 radical (unpaired) electrons. The van der Waals surface area contributed by atoms with E-state index in [2.05, 4.69) is 55.3 Å². The second-order valence-electron chi connectivity index (χ2n) is 6.72. The Morgan fingerprint density at radius 3 is 2.85 bits per heavy atom. The molecule has 1 heterocycles. The quantitative estimate of drug-likeness (QED) is 0.854. The van der Waals surface area contributed by atoms with E-state index in [1.807, 2.05) is 0 Å². The molecule has 1 aliphatic heterocycles. The minimum absolute atomic E-state index is 0.752. The lowest BCUT2D eigenvalue weighted by atomic mass is 9.97. The second kappa shape index (κ2) is 7.80. The first-order chi connectivity index (χ1) is 9.65. The molecule has 0 amide bonds. The van der Waals surface area contributed by atoms with Crippen LogP contribution < -0.4 is 5.32 Å². The van der Waals surface area contributed by atoms with Gasteiger partial charge < -0.3 is 5.32 Å². The van der Waals surface area contributed by atoms with Crippen LogP contribution in [0.2, 0.25) is 0 Å². The van der Waals surface area contributed by atoms with E-state index in [4.69, 9.17) is 0 Å². The Morgan fingerprint density at radius 2 is 2.10 bits per heavy atom. The molecule has 1 unspecified atom stereocenters. The third kappa shape index (κ3) is 4.92. The fraction of sp³-hybridized carbons (Fsp3) is 0.667. The molecule has 20 heavy (non-hydrogen) atoms. The summed E-state index contributed by atoms with van der Waals surface area (Å²) in [6.07, 6.45) is 2.73. The van der Waals surface area contributed by atoms with Gasteiger partial charge in [-0.2, -0.15) is 0 Å². The number of aryl methyl sites for hydroxylation is 1. The molecule has 2 rings (SSSR count). The Bertz CT molecular complexity index is 400. The molecule has 1 aliphatic rings. The van der Waals surface area contributed by atoms with Crippen LogP contribution in [0.1, 0.15) is 37.8 Å². The standard InChI is InChI=1S/C18H30N2/c1-15(2)11-19-12-17-8-6-10-20(13-17)14-18-9-5-4-7-16(18)3/h4-5,7,9,15,17,19H,6,8,10-14H2,1-3H3. The van der Waals surface area contributed by atoms with Gasteiger partial charge in [0.1, 0.15) is 0 Å². The van der Waals surface area contributed by atoms with Crippen LogP contribution in [0, 0.1) is 18.8 Å². The molecule has 0 spiro atoms. The van der Waals surface area contributed by atoms with Crippen molar-refractivity contribution in [1.29, 1.82) is 0 Å². The molecule has 0 aromatic heterocycles. The minimum Gasteiger partial charge on any atom is -0.316 e. The molecular weight excluding hydrogens is 244 g/mol. The summed E-state index contributed by atoms with van der Waals surface area (Å²) in [6.45, 7) is 12.7. The number of piperidine rings is 1. The number of nitrogens with one attached hydrogen (secondary N) is 1. The van der Waals surface area contributed by atoms with E-state index in [0.29, 0.717) is 0 Å². The number of nitrogens with zero attached hydrogens (tertiary/aromatic N) is 1. The first-order valence-corrected chi connectivity index (χ1v) is 8.12. The molecule has 1 atom stereocenters. The van der Waals surface area contributed by atoms with Crippen molar-refractivity contribution in [2.45, 2.75) is 40.2 Å². The van der Waals surface area contributed by atoms with Crippen molar-refractivity contribution in [2.24, 2.45) is 11.8 Å². The lowest BCUT2D eigenvalue weighted by Gasteiger charge is -2.33. The SMILES string of the molecule is Cc1ccccc1CN1CCCC(CNCC(C)C)C1. The maximum Gasteiger partial charge on any atom is 0.0236 e. The van der Waals surface area contributed by atoms with E-state index in [-0.39, 0.29) is 0 Å². The van der Waals surface area contributed by atoms with Gasteiger partial charge in [0.25, 0.3) is 0 Å². The molecular formula is C18H30N2. The van der Waals surface area contributed by atoms with Crippen LogP contribution in [0.3, 0.4) is 0 Å². The fourth-order valence-corrected chi connectivity index (χ4v) is 3.07. The van der Waals surface area contributed by atoms with Gasteiger partial charge in [0.2, 0.25) is 0 Å². The Kier molecular flexibility index (Phi) is 6.06. The van der Waals surface area contributed by atoms with Crippen LogP contribution in [0.5, 0.6) is 0 Å².